The minimum absolute atomic E-state index is 0. The van der Waals surface area contributed by atoms with Gasteiger partial charge >= 0.3 is 6.18 Å². The first kappa shape index (κ1) is 20.4. The van der Waals surface area contributed by atoms with Crippen molar-refractivity contribution in [2.24, 2.45) is 4.99 Å². The molecule has 1 aromatic rings. The smallest absolute Gasteiger partial charge is 0.355 e. The van der Waals surface area contributed by atoms with Crippen molar-refractivity contribution in [2.75, 3.05) is 19.3 Å². The minimum Gasteiger partial charge on any atom is -0.355 e. The van der Waals surface area contributed by atoms with E-state index in [1.54, 1.807) is 13.1 Å². The van der Waals surface area contributed by atoms with Crippen LogP contribution in [0.4, 0.5) is 13.2 Å². The number of halogens is 4. The van der Waals surface area contributed by atoms with Gasteiger partial charge in [0.25, 0.3) is 0 Å². The first-order valence-corrected chi connectivity index (χ1v) is 8.26. The number of aliphatic imine (C=N–C) groups is 1. The molecule has 0 amide bonds. The van der Waals surface area contributed by atoms with Crippen LogP contribution in [-0.4, -0.2) is 30.6 Å². The molecule has 0 aromatic heterocycles. The number of benzene rings is 1. The van der Waals surface area contributed by atoms with E-state index in [9.17, 15) is 13.2 Å². The highest BCUT2D eigenvalue weighted by Gasteiger charge is 2.30. The van der Waals surface area contributed by atoms with Gasteiger partial charge in [-0.1, -0.05) is 12.1 Å². The molecule has 1 aromatic carbocycles. The van der Waals surface area contributed by atoms with Crippen LogP contribution in [0.3, 0.4) is 0 Å². The lowest BCUT2D eigenvalue weighted by atomic mass is 10.1. The summed E-state index contributed by atoms with van der Waals surface area (Å²) in [7, 11) is 1.66. The summed E-state index contributed by atoms with van der Waals surface area (Å²) in [6, 6.07) is 5.33. The lowest BCUT2D eigenvalue weighted by Crippen LogP contribution is -2.39. The van der Waals surface area contributed by atoms with E-state index in [1.807, 2.05) is 11.8 Å². The van der Waals surface area contributed by atoms with Gasteiger partial charge in [-0.05, 0) is 36.3 Å². The van der Waals surface area contributed by atoms with Gasteiger partial charge < -0.3 is 10.6 Å². The molecule has 1 heterocycles. The highest BCUT2D eigenvalue weighted by molar-refractivity contribution is 14.0. The lowest BCUT2D eigenvalue weighted by Gasteiger charge is -2.15. The Labute approximate surface area is 155 Å². The van der Waals surface area contributed by atoms with Crippen LogP contribution in [-0.2, 0) is 12.7 Å². The maximum absolute atomic E-state index is 12.7. The lowest BCUT2D eigenvalue weighted by molar-refractivity contribution is -0.137. The van der Waals surface area contributed by atoms with Gasteiger partial charge in [-0.15, -0.1) is 24.0 Å². The Hall–Kier alpha value is -0.640. The summed E-state index contributed by atoms with van der Waals surface area (Å²) < 4.78 is 38.0. The zero-order valence-electron chi connectivity index (χ0n) is 12.8. The molecule has 0 bridgehead atoms. The van der Waals surface area contributed by atoms with Gasteiger partial charge in [-0.3, -0.25) is 4.99 Å². The molecule has 8 heteroatoms. The molecule has 1 unspecified atom stereocenters. The third kappa shape index (κ3) is 6.78. The topological polar surface area (TPSA) is 36.4 Å². The molecule has 3 nitrogen and oxygen atoms in total. The fraction of sp³-hybridized carbons (Fsp3) is 0.533. The van der Waals surface area contributed by atoms with Crippen LogP contribution in [0.25, 0.3) is 0 Å². The Bertz CT molecular complexity index is 517. The molecule has 1 atom stereocenters. The summed E-state index contributed by atoms with van der Waals surface area (Å²) in [6.45, 7) is 1.13. The van der Waals surface area contributed by atoms with Crippen molar-refractivity contribution in [3.05, 3.63) is 35.4 Å². The van der Waals surface area contributed by atoms with E-state index in [1.165, 1.54) is 24.7 Å². The summed E-state index contributed by atoms with van der Waals surface area (Å²) in [6.07, 6.45) is -1.87. The Kier molecular flexibility index (Phi) is 8.52. The SMILES string of the molecule is CN=C(NCc1cccc(C(F)(F)F)c1)NCC1CCCS1.I. The third-order valence-electron chi connectivity index (χ3n) is 3.46. The standard InChI is InChI=1S/C15H20F3N3S.HI/c1-19-14(21-10-13-6-3-7-22-13)20-9-11-4-2-5-12(8-11)15(16,17)18;/h2,4-5,8,13H,3,6-7,9-10H2,1H3,(H2,19,20,21);1H. The van der Waals surface area contributed by atoms with Crippen molar-refractivity contribution in [3.8, 4) is 0 Å². The maximum atomic E-state index is 12.7. The van der Waals surface area contributed by atoms with Crippen molar-refractivity contribution >= 4 is 41.7 Å². The summed E-state index contributed by atoms with van der Waals surface area (Å²) in [4.78, 5) is 4.10. The molecule has 1 fully saturated rings. The second kappa shape index (κ2) is 9.61. The van der Waals surface area contributed by atoms with E-state index in [4.69, 9.17) is 0 Å². The number of hydrogen-bond acceptors (Lipinski definition) is 2. The molecule has 130 valence electrons. The summed E-state index contributed by atoms with van der Waals surface area (Å²) in [5.41, 5.74) is -0.0508. The van der Waals surface area contributed by atoms with Crippen molar-refractivity contribution in [2.45, 2.75) is 30.8 Å². The Morgan fingerprint density at radius 1 is 1.35 bits per heavy atom. The highest BCUT2D eigenvalue weighted by Crippen LogP contribution is 2.29. The van der Waals surface area contributed by atoms with Crippen LogP contribution < -0.4 is 10.6 Å². The second-order valence-electron chi connectivity index (χ2n) is 5.14. The van der Waals surface area contributed by atoms with Crippen LogP contribution in [0.15, 0.2) is 29.3 Å². The van der Waals surface area contributed by atoms with Gasteiger partial charge in [0.2, 0.25) is 0 Å². The molecular weight excluding hydrogens is 438 g/mol. The van der Waals surface area contributed by atoms with Gasteiger partial charge in [-0.2, -0.15) is 24.9 Å². The Morgan fingerprint density at radius 3 is 2.74 bits per heavy atom. The van der Waals surface area contributed by atoms with Crippen LogP contribution in [0.5, 0.6) is 0 Å². The number of hydrogen-bond donors (Lipinski definition) is 2. The number of nitrogens with one attached hydrogen (secondary N) is 2. The average molecular weight is 459 g/mol. The molecular formula is C15H21F3IN3S. The van der Waals surface area contributed by atoms with Crippen molar-refractivity contribution < 1.29 is 13.2 Å². The Balaban J connectivity index is 0.00000264. The number of thioether (sulfide) groups is 1. The molecule has 0 aliphatic carbocycles. The first-order chi connectivity index (χ1) is 10.5. The van der Waals surface area contributed by atoms with Crippen LogP contribution >= 0.6 is 35.7 Å². The molecule has 2 rings (SSSR count). The van der Waals surface area contributed by atoms with Crippen LogP contribution in [0.1, 0.15) is 24.0 Å². The molecule has 0 radical (unpaired) electrons. The monoisotopic (exact) mass is 459 g/mol. The molecule has 23 heavy (non-hydrogen) atoms. The summed E-state index contributed by atoms with van der Waals surface area (Å²) in [5.74, 6) is 1.81. The molecule has 1 saturated heterocycles. The van der Waals surface area contributed by atoms with Gasteiger partial charge in [0.1, 0.15) is 0 Å². The van der Waals surface area contributed by atoms with E-state index in [0.717, 1.165) is 18.7 Å². The summed E-state index contributed by atoms with van der Waals surface area (Å²) in [5, 5.41) is 6.86. The molecule has 1 aliphatic rings. The van der Waals surface area contributed by atoms with E-state index in [2.05, 4.69) is 15.6 Å². The van der Waals surface area contributed by atoms with E-state index in [0.29, 0.717) is 23.3 Å². The number of nitrogens with zero attached hydrogens (tertiary/aromatic N) is 1. The van der Waals surface area contributed by atoms with E-state index >= 15 is 0 Å². The molecule has 2 N–H and O–H groups in total. The predicted octanol–water partition coefficient (Wildman–Crippen LogP) is 3.88. The van der Waals surface area contributed by atoms with Gasteiger partial charge in [0.05, 0.1) is 5.56 Å². The average Bonchev–Trinajstić information content (AvgIpc) is 3.00. The van der Waals surface area contributed by atoms with Gasteiger partial charge in [0, 0.05) is 25.4 Å². The third-order valence-corrected chi connectivity index (χ3v) is 4.86. The molecule has 0 spiro atoms. The maximum Gasteiger partial charge on any atom is 0.416 e. The van der Waals surface area contributed by atoms with Crippen LogP contribution in [0.2, 0.25) is 0 Å². The summed E-state index contributed by atoms with van der Waals surface area (Å²) >= 11 is 1.94. The minimum atomic E-state index is -4.31. The van der Waals surface area contributed by atoms with Crippen molar-refractivity contribution in [1.82, 2.24) is 10.6 Å². The zero-order valence-corrected chi connectivity index (χ0v) is 16.0. The Morgan fingerprint density at radius 2 is 2.13 bits per heavy atom. The normalized spacial score (nSPS) is 18.4. The fourth-order valence-electron chi connectivity index (χ4n) is 2.28. The van der Waals surface area contributed by atoms with E-state index < -0.39 is 11.7 Å². The number of alkyl halides is 3. The second-order valence-corrected chi connectivity index (χ2v) is 6.55. The largest absolute Gasteiger partial charge is 0.416 e. The zero-order chi connectivity index (χ0) is 16.0. The van der Waals surface area contributed by atoms with E-state index in [-0.39, 0.29) is 24.0 Å². The number of guanidine groups is 1. The fourth-order valence-corrected chi connectivity index (χ4v) is 3.48. The van der Waals surface area contributed by atoms with Gasteiger partial charge in [-0.25, -0.2) is 0 Å². The van der Waals surface area contributed by atoms with Crippen molar-refractivity contribution in [3.63, 3.8) is 0 Å². The predicted molar refractivity (Wildman–Crippen MR) is 101 cm³/mol. The quantitative estimate of drug-likeness (QED) is 0.408. The first-order valence-electron chi connectivity index (χ1n) is 7.21. The number of rotatable bonds is 4. The van der Waals surface area contributed by atoms with Crippen LogP contribution in [0, 0.1) is 0 Å². The molecule has 0 saturated carbocycles. The molecule has 1 aliphatic heterocycles. The van der Waals surface area contributed by atoms with Gasteiger partial charge in [0.15, 0.2) is 5.96 Å². The highest BCUT2D eigenvalue weighted by atomic mass is 127. The van der Waals surface area contributed by atoms with Crippen molar-refractivity contribution in [1.29, 1.82) is 0 Å².